The predicted octanol–water partition coefficient (Wildman–Crippen LogP) is 3.46. The molecule has 1 aliphatic heterocycles. The molecule has 10 heteroatoms. The maximum atomic E-state index is 13.0. The number of nitrogens with zero attached hydrogens (tertiary/aromatic N) is 4. The summed E-state index contributed by atoms with van der Waals surface area (Å²) in [6.07, 6.45) is -4.02. The Kier molecular flexibility index (Phi) is 4.88. The van der Waals surface area contributed by atoms with Crippen LogP contribution in [0.2, 0.25) is 0 Å². The summed E-state index contributed by atoms with van der Waals surface area (Å²) in [6, 6.07) is 9.48. The molecule has 146 valence electrons. The largest absolute Gasteiger partial charge is 0.393 e. The summed E-state index contributed by atoms with van der Waals surface area (Å²) in [4.78, 5) is 16.7. The highest BCUT2D eigenvalue weighted by atomic mass is 32.1. The number of amides is 1. The standard InChI is InChI=1S/C18H16F3N5OS/c19-18(20,21)12-6-7-14-24-25-15(26(14)9-12)8-22-16(27)13-10-28-17(23-13)11-4-2-1-3-5-11/h1-5,10,12H,6-9H2,(H,22,27). The van der Waals surface area contributed by atoms with E-state index in [4.69, 9.17) is 0 Å². The molecule has 0 saturated heterocycles. The SMILES string of the molecule is O=C(NCc1nnc2n1CC(C(F)(F)F)CC2)c1csc(-c2ccccc2)n1. The maximum absolute atomic E-state index is 13.0. The van der Waals surface area contributed by atoms with E-state index in [9.17, 15) is 18.0 Å². The van der Waals surface area contributed by atoms with Crippen LogP contribution in [0.4, 0.5) is 13.2 Å². The summed E-state index contributed by atoms with van der Waals surface area (Å²) in [6.45, 7) is -0.222. The summed E-state index contributed by atoms with van der Waals surface area (Å²) in [7, 11) is 0. The van der Waals surface area contributed by atoms with Gasteiger partial charge in [-0.25, -0.2) is 4.98 Å². The van der Waals surface area contributed by atoms with Crippen molar-refractivity contribution in [3.05, 3.63) is 53.1 Å². The van der Waals surface area contributed by atoms with E-state index in [1.165, 1.54) is 15.9 Å². The highest BCUT2D eigenvalue weighted by Gasteiger charge is 2.42. The van der Waals surface area contributed by atoms with Crippen molar-refractivity contribution in [3.8, 4) is 10.6 Å². The van der Waals surface area contributed by atoms with Crippen LogP contribution in [0.3, 0.4) is 0 Å². The van der Waals surface area contributed by atoms with Gasteiger partial charge in [-0.15, -0.1) is 21.5 Å². The molecule has 0 bridgehead atoms. The average Bonchev–Trinajstić information content (AvgIpc) is 3.33. The number of alkyl halides is 3. The summed E-state index contributed by atoms with van der Waals surface area (Å²) in [5.74, 6) is -0.989. The van der Waals surface area contributed by atoms with E-state index in [1.54, 1.807) is 5.38 Å². The van der Waals surface area contributed by atoms with Crippen molar-refractivity contribution in [3.63, 3.8) is 0 Å². The number of hydrogen-bond acceptors (Lipinski definition) is 5. The van der Waals surface area contributed by atoms with Crippen LogP contribution in [0.1, 0.15) is 28.6 Å². The summed E-state index contributed by atoms with van der Waals surface area (Å²) >= 11 is 1.35. The van der Waals surface area contributed by atoms with E-state index in [-0.39, 0.29) is 31.6 Å². The number of benzene rings is 1. The van der Waals surface area contributed by atoms with E-state index >= 15 is 0 Å². The normalized spacial score (nSPS) is 16.6. The van der Waals surface area contributed by atoms with Crippen molar-refractivity contribution >= 4 is 17.2 Å². The smallest absolute Gasteiger partial charge is 0.343 e. The molecule has 1 aliphatic rings. The Balaban J connectivity index is 1.43. The van der Waals surface area contributed by atoms with Crippen molar-refractivity contribution in [2.45, 2.75) is 32.1 Å². The first kappa shape index (κ1) is 18.6. The number of halogens is 3. The van der Waals surface area contributed by atoms with Gasteiger partial charge in [-0.05, 0) is 6.42 Å². The van der Waals surface area contributed by atoms with Gasteiger partial charge < -0.3 is 9.88 Å². The van der Waals surface area contributed by atoms with Crippen molar-refractivity contribution < 1.29 is 18.0 Å². The number of fused-ring (bicyclic) bond motifs is 1. The van der Waals surface area contributed by atoms with E-state index in [0.717, 1.165) is 10.6 Å². The lowest BCUT2D eigenvalue weighted by Crippen LogP contribution is -2.34. The van der Waals surface area contributed by atoms with Crippen LogP contribution in [0.15, 0.2) is 35.7 Å². The molecule has 1 N–H and O–H groups in total. The number of thiazole rings is 1. The summed E-state index contributed by atoms with van der Waals surface area (Å²) < 4.78 is 40.5. The predicted molar refractivity (Wildman–Crippen MR) is 96.6 cm³/mol. The van der Waals surface area contributed by atoms with Crippen LogP contribution in [-0.4, -0.2) is 31.8 Å². The molecule has 0 saturated carbocycles. The van der Waals surface area contributed by atoms with E-state index in [0.29, 0.717) is 11.6 Å². The highest BCUT2D eigenvalue weighted by Crippen LogP contribution is 2.34. The van der Waals surface area contributed by atoms with Crippen molar-refractivity contribution in [1.29, 1.82) is 0 Å². The Morgan fingerprint density at radius 3 is 2.79 bits per heavy atom. The van der Waals surface area contributed by atoms with Crippen LogP contribution in [0.25, 0.3) is 10.6 Å². The molecule has 1 unspecified atom stereocenters. The van der Waals surface area contributed by atoms with Crippen LogP contribution in [-0.2, 0) is 19.5 Å². The Labute approximate surface area is 162 Å². The number of carbonyl (C=O) groups is 1. The van der Waals surface area contributed by atoms with Crippen LogP contribution in [0, 0.1) is 5.92 Å². The van der Waals surface area contributed by atoms with Gasteiger partial charge in [-0.1, -0.05) is 30.3 Å². The van der Waals surface area contributed by atoms with Gasteiger partial charge in [0.2, 0.25) is 0 Å². The van der Waals surface area contributed by atoms with E-state index in [2.05, 4.69) is 20.5 Å². The summed E-state index contributed by atoms with van der Waals surface area (Å²) in [5, 5.41) is 12.9. The zero-order chi connectivity index (χ0) is 19.7. The second-order valence-electron chi connectivity index (χ2n) is 6.51. The Morgan fingerprint density at radius 1 is 1.25 bits per heavy atom. The van der Waals surface area contributed by atoms with Crippen LogP contribution in [0.5, 0.6) is 0 Å². The van der Waals surface area contributed by atoms with Gasteiger partial charge in [0, 0.05) is 23.9 Å². The third kappa shape index (κ3) is 3.77. The third-order valence-corrected chi connectivity index (χ3v) is 5.54. The first-order chi connectivity index (χ1) is 13.4. The first-order valence-electron chi connectivity index (χ1n) is 8.68. The van der Waals surface area contributed by atoms with E-state index < -0.39 is 18.0 Å². The Bertz CT molecular complexity index is 983. The minimum atomic E-state index is -4.25. The number of aromatic nitrogens is 4. The molecule has 0 fully saturated rings. The quantitative estimate of drug-likeness (QED) is 0.719. The maximum Gasteiger partial charge on any atom is 0.393 e. The van der Waals surface area contributed by atoms with E-state index in [1.807, 2.05) is 30.3 Å². The van der Waals surface area contributed by atoms with Gasteiger partial charge in [0.1, 0.15) is 16.5 Å². The number of rotatable bonds is 4. The van der Waals surface area contributed by atoms with Crippen LogP contribution < -0.4 is 5.32 Å². The number of carbonyl (C=O) groups excluding carboxylic acids is 1. The van der Waals surface area contributed by atoms with Crippen molar-refractivity contribution in [2.24, 2.45) is 5.92 Å². The van der Waals surface area contributed by atoms with Gasteiger partial charge in [0.25, 0.3) is 5.91 Å². The minimum absolute atomic E-state index is 0.00535. The molecule has 1 amide bonds. The Morgan fingerprint density at radius 2 is 2.04 bits per heavy atom. The monoisotopic (exact) mass is 407 g/mol. The number of aryl methyl sites for hydroxylation is 1. The summed E-state index contributed by atoms with van der Waals surface area (Å²) in [5.41, 5.74) is 1.17. The molecular weight excluding hydrogens is 391 g/mol. The molecule has 4 rings (SSSR count). The minimum Gasteiger partial charge on any atom is -0.343 e. The molecule has 0 spiro atoms. The lowest BCUT2D eigenvalue weighted by atomic mass is 9.99. The number of nitrogens with one attached hydrogen (secondary N) is 1. The first-order valence-corrected chi connectivity index (χ1v) is 9.56. The molecule has 6 nitrogen and oxygen atoms in total. The molecule has 0 radical (unpaired) electrons. The van der Waals surface area contributed by atoms with Gasteiger partial charge in [0.05, 0.1) is 12.5 Å². The topological polar surface area (TPSA) is 72.7 Å². The molecule has 0 aliphatic carbocycles. The lowest BCUT2D eigenvalue weighted by molar-refractivity contribution is -0.182. The fourth-order valence-corrected chi connectivity index (χ4v) is 3.93. The van der Waals surface area contributed by atoms with Gasteiger partial charge in [-0.2, -0.15) is 13.2 Å². The molecule has 1 aromatic carbocycles. The number of hydrogen-bond donors (Lipinski definition) is 1. The van der Waals surface area contributed by atoms with Crippen molar-refractivity contribution in [2.75, 3.05) is 0 Å². The van der Waals surface area contributed by atoms with Gasteiger partial charge in [-0.3, -0.25) is 4.79 Å². The zero-order valence-corrected chi connectivity index (χ0v) is 15.4. The lowest BCUT2D eigenvalue weighted by Gasteiger charge is -2.26. The molecule has 2 aromatic heterocycles. The molecule has 1 atom stereocenters. The van der Waals surface area contributed by atoms with Gasteiger partial charge in [0.15, 0.2) is 5.82 Å². The molecule has 3 heterocycles. The second kappa shape index (κ2) is 7.34. The van der Waals surface area contributed by atoms with Crippen LogP contribution >= 0.6 is 11.3 Å². The molecule has 28 heavy (non-hydrogen) atoms. The average molecular weight is 407 g/mol. The zero-order valence-electron chi connectivity index (χ0n) is 14.6. The highest BCUT2D eigenvalue weighted by molar-refractivity contribution is 7.13. The fourth-order valence-electron chi connectivity index (χ4n) is 3.12. The fraction of sp³-hybridized carbons (Fsp3) is 0.333. The molecular formula is C18H16F3N5OS. The third-order valence-electron chi connectivity index (χ3n) is 4.65. The van der Waals surface area contributed by atoms with Gasteiger partial charge >= 0.3 is 6.18 Å². The Hall–Kier alpha value is -2.75. The second-order valence-corrected chi connectivity index (χ2v) is 7.36. The molecule has 3 aromatic rings. The van der Waals surface area contributed by atoms with Crippen molar-refractivity contribution in [1.82, 2.24) is 25.1 Å².